The molecule has 0 aliphatic rings. The summed E-state index contributed by atoms with van der Waals surface area (Å²) >= 11 is 0. The second kappa shape index (κ2) is 24.2. The highest BCUT2D eigenvalue weighted by Gasteiger charge is 2.20. The van der Waals surface area contributed by atoms with Gasteiger partial charge >= 0.3 is 0 Å². The van der Waals surface area contributed by atoms with Crippen LogP contribution in [0.1, 0.15) is 0 Å². The first-order chi connectivity index (χ1) is 45.6. The third kappa shape index (κ3) is 10.8. The molecule has 8 heteroatoms. The molecule has 0 N–H and O–H groups in total. The Kier molecular flexibility index (Phi) is 14.4. The lowest BCUT2D eigenvalue weighted by atomic mass is 9.86. The molecule has 0 saturated heterocycles. The molecular weight excluding hydrogens is 1120 g/mol. The van der Waals surface area contributed by atoms with Crippen LogP contribution in [0, 0.1) is 0 Å². The summed E-state index contributed by atoms with van der Waals surface area (Å²) in [5, 5.41) is 4.57. The molecule has 0 fully saturated rings. The van der Waals surface area contributed by atoms with Crippen LogP contribution >= 0.6 is 0 Å². The minimum atomic E-state index is 0.577. The molecule has 0 amide bonds. The van der Waals surface area contributed by atoms with Crippen LogP contribution in [0.2, 0.25) is 0 Å². The van der Waals surface area contributed by atoms with Crippen LogP contribution < -0.4 is 0 Å². The molecule has 12 aromatic carbocycles. The molecule has 4 aromatic heterocycles. The fourth-order valence-electron chi connectivity index (χ4n) is 12.4. The first kappa shape index (κ1) is 54.8. The van der Waals surface area contributed by atoms with Crippen molar-refractivity contribution in [1.29, 1.82) is 0 Å². The highest BCUT2D eigenvalue weighted by Crippen LogP contribution is 2.44. The number of benzene rings is 12. The molecule has 0 spiro atoms. The van der Waals surface area contributed by atoms with Crippen molar-refractivity contribution in [2.24, 2.45) is 0 Å². The zero-order valence-electron chi connectivity index (χ0n) is 49.8. The highest BCUT2D eigenvalue weighted by molar-refractivity contribution is 6.10. The van der Waals surface area contributed by atoms with E-state index in [0.29, 0.717) is 34.9 Å². The molecule has 4 heterocycles. The molecule has 0 aliphatic carbocycles. The van der Waals surface area contributed by atoms with Crippen molar-refractivity contribution in [3.8, 4) is 146 Å². The van der Waals surface area contributed by atoms with E-state index >= 15 is 0 Å². The highest BCUT2D eigenvalue weighted by atomic mass is 15.0. The Morgan fingerprint density at radius 2 is 0.609 bits per heavy atom. The molecule has 0 saturated carbocycles. The van der Waals surface area contributed by atoms with Crippen molar-refractivity contribution in [1.82, 2.24) is 39.9 Å². The van der Waals surface area contributed by atoms with Crippen molar-refractivity contribution in [3.05, 3.63) is 328 Å². The van der Waals surface area contributed by atoms with Crippen LogP contribution in [0.3, 0.4) is 0 Å². The third-order valence-electron chi connectivity index (χ3n) is 17.0. The van der Waals surface area contributed by atoms with Crippen LogP contribution in [0.5, 0.6) is 0 Å². The van der Waals surface area contributed by atoms with E-state index in [9.17, 15) is 0 Å². The Balaban J connectivity index is 0.783. The van der Waals surface area contributed by atoms with Crippen LogP contribution in [-0.2, 0) is 0 Å². The van der Waals surface area contributed by atoms with Gasteiger partial charge in [0.15, 0.2) is 34.9 Å². The van der Waals surface area contributed by atoms with Crippen molar-refractivity contribution in [3.63, 3.8) is 0 Å². The lowest BCUT2D eigenvalue weighted by Gasteiger charge is -2.17. The number of aromatic nitrogens is 8. The summed E-state index contributed by atoms with van der Waals surface area (Å²) < 4.78 is 0. The van der Waals surface area contributed by atoms with Crippen LogP contribution in [0.4, 0.5) is 0 Å². The Labute approximate surface area is 532 Å². The van der Waals surface area contributed by atoms with Gasteiger partial charge in [-0.15, -0.1) is 0 Å². The topological polar surface area (TPSA) is 103 Å². The maximum absolute atomic E-state index is 5.30. The fraction of sp³-hybridized carbons (Fsp3) is 0. The summed E-state index contributed by atoms with van der Waals surface area (Å²) in [7, 11) is 0. The van der Waals surface area contributed by atoms with Gasteiger partial charge in [-0.1, -0.05) is 285 Å². The molecule has 0 bridgehead atoms. The second-order valence-electron chi connectivity index (χ2n) is 22.7. The van der Waals surface area contributed by atoms with Gasteiger partial charge in [0.1, 0.15) is 0 Å². The molecule has 0 unspecified atom stereocenters. The van der Waals surface area contributed by atoms with Gasteiger partial charge in [0.2, 0.25) is 0 Å². The zero-order chi connectivity index (χ0) is 61.2. The molecule has 0 aliphatic heterocycles. The van der Waals surface area contributed by atoms with Crippen molar-refractivity contribution < 1.29 is 0 Å². The Morgan fingerprint density at radius 1 is 0.196 bits per heavy atom. The first-order valence-electron chi connectivity index (χ1n) is 30.7. The Morgan fingerprint density at radius 3 is 1.15 bits per heavy atom. The number of nitrogens with zero attached hydrogens (tertiary/aromatic N) is 8. The number of rotatable bonds is 13. The number of hydrogen-bond donors (Lipinski definition) is 0. The monoisotopic (exact) mass is 1170 g/mol. The van der Waals surface area contributed by atoms with Gasteiger partial charge in [0.25, 0.3) is 0 Å². The van der Waals surface area contributed by atoms with Gasteiger partial charge in [-0.2, -0.15) is 0 Å². The van der Waals surface area contributed by atoms with E-state index in [1.807, 2.05) is 116 Å². The molecule has 0 radical (unpaired) electrons. The van der Waals surface area contributed by atoms with Crippen LogP contribution in [0.25, 0.3) is 168 Å². The van der Waals surface area contributed by atoms with Gasteiger partial charge in [0, 0.05) is 57.5 Å². The van der Waals surface area contributed by atoms with E-state index in [1.54, 1.807) is 6.20 Å². The van der Waals surface area contributed by atoms with Gasteiger partial charge in [0.05, 0.1) is 5.69 Å². The molecule has 8 nitrogen and oxygen atoms in total. The van der Waals surface area contributed by atoms with Crippen molar-refractivity contribution in [2.45, 2.75) is 0 Å². The average molecular weight is 1180 g/mol. The van der Waals surface area contributed by atoms with Gasteiger partial charge < -0.3 is 0 Å². The standard InChI is InChI=1S/C84H54N8/c1-4-18-62(19-5-1)79-87-80(63-20-6-2-7-21-63)89-82(88-79)65-45-41-61(42-46-65)78-73(57-33-31-55(32-34-57)69-26-16-51-85-54-69)49-50-74-70(28-15-29-75(74)78)67-24-14-25-68(53-67)84-91-81(64-22-8-3-9-23-64)90-83(92-84)66-43-39-60(40-44-66)77-71-27-11-10-17-56(71)47-48-72(77)58-35-37-59(38-36-58)76-30-12-13-52-86-76/h1-54H. The van der Waals surface area contributed by atoms with Crippen LogP contribution in [0.15, 0.2) is 328 Å². The van der Waals surface area contributed by atoms with Crippen LogP contribution in [-0.4, -0.2) is 39.9 Å². The van der Waals surface area contributed by atoms with Gasteiger partial charge in [-0.05, 0) is 113 Å². The van der Waals surface area contributed by atoms with Crippen molar-refractivity contribution >= 4 is 21.5 Å². The first-order valence-corrected chi connectivity index (χ1v) is 30.7. The third-order valence-corrected chi connectivity index (χ3v) is 17.0. The maximum atomic E-state index is 5.30. The summed E-state index contributed by atoms with van der Waals surface area (Å²) in [6, 6.07) is 108. The molecular formula is C84H54N8. The zero-order valence-corrected chi connectivity index (χ0v) is 49.8. The van der Waals surface area contributed by atoms with E-state index < -0.39 is 0 Å². The quantitative estimate of drug-likeness (QED) is 0.112. The predicted molar refractivity (Wildman–Crippen MR) is 374 cm³/mol. The largest absolute Gasteiger partial charge is 0.264 e. The van der Waals surface area contributed by atoms with E-state index in [1.165, 1.54) is 10.8 Å². The van der Waals surface area contributed by atoms with Gasteiger partial charge in [-0.3, -0.25) is 9.97 Å². The van der Waals surface area contributed by atoms with E-state index in [2.05, 4.69) is 216 Å². The summed E-state index contributed by atoms with van der Waals surface area (Å²) in [6.07, 6.45) is 5.54. The van der Waals surface area contributed by atoms with E-state index in [0.717, 1.165) is 122 Å². The van der Waals surface area contributed by atoms with Gasteiger partial charge in [-0.25, -0.2) is 29.9 Å². The smallest absolute Gasteiger partial charge is 0.164 e. The minimum Gasteiger partial charge on any atom is -0.264 e. The average Bonchev–Trinajstić information content (AvgIpc) is 0.826. The van der Waals surface area contributed by atoms with Crippen molar-refractivity contribution in [2.75, 3.05) is 0 Å². The Bertz CT molecular complexity index is 5270. The molecule has 430 valence electrons. The lowest BCUT2D eigenvalue weighted by molar-refractivity contribution is 1.07. The lowest BCUT2D eigenvalue weighted by Crippen LogP contribution is -2.00. The van der Waals surface area contributed by atoms with E-state index in [-0.39, 0.29) is 0 Å². The molecule has 16 rings (SSSR count). The molecule has 92 heavy (non-hydrogen) atoms. The second-order valence-corrected chi connectivity index (χ2v) is 22.7. The minimum absolute atomic E-state index is 0.577. The Hall–Kier alpha value is -12.5. The summed E-state index contributed by atoms with van der Waals surface area (Å²) in [5.41, 5.74) is 20.6. The SMILES string of the molecule is c1ccc(-c2nc(-c3ccccc3)nc(-c3ccc(-c4c(-c5ccc(-c6cccnc6)cc5)ccc5c(-c6cccc(-c7nc(-c8ccccc8)nc(-c8ccc(-c9c(-c%10ccc(-c%11ccccn%11)cc%10)ccc%10ccccc9%10)cc8)n7)c6)cccc45)cc3)n2)cc1. The summed E-state index contributed by atoms with van der Waals surface area (Å²) in [4.78, 5) is 39.8. The number of fused-ring (bicyclic) bond motifs is 2. The normalized spacial score (nSPS) is 11.3. The molecule has 0 atom stereocenters. The number of pyridine rings is 2. The summed E-state index contributed by atoms with van der Waals surface area (Å²) in [6.45, 7) is 0. The molecule has 16 aromatic rings. The number of hydrogen-bond acceptors (Lipinski definition) is 8. The van der Waals surface area contributed by atoms with E-state index in [4.69, 9.17) is 29.9 Å². The fourth-order valence-corrected chi connectivity index (χ4v) is 12.4. The summed E-state index contributed by atoms with van der Waals surface area (Å²) in [5.74, 6) is 3.59. The predicted octanol–water partition coefficient (Wildman–Crippen LogP) is 20.8. The maximum Gasteiger partial charge on any atom is 0.164 e.